The molecule has 2 aromatic carbocycles. The van der Waals surface area contributed by atoms with Crippen molar-refractivity contribution in [1.82, 2.24) is 5.16 Å². The smallest absolute Gasteiger partial charge is 0.307 e. The molecule has 28 heavy (non-hydrogen) atoms. The number of aryl methyl sites for hydroxylation is 1. The number of rotatable bonds is 7. The number of nitrogens with one attached hydrogen (secondary N) is 1. The minimum Gasteiger partial charge on any atom is -0.453 e. The number of carbonyl (C=O) groups excluding carboxylic acids is 2. The van der Waals surface area contributed by atoms with Crippen LogP contribution in [0.3, 0.4) is 0 Å². The Balaban J connectivity index is 1.66. The standard InChI is InChI=1S/C22H22N2O4/c1-15-13-20(28-24-15)23-22(26)16(2)27-21(25)14-19(17-9-5-3-6-10-17)18-11-7-4-8-12-18/h3-13,16,19H,14H2,1-2H3,(H,23,26). The number of ether oxygens (including phenoxy) is 1. The van der Waals surface area contributed by atoms with Gasteiger partial charge in [0.2, 0.25) is 5.88 Å². The van der Waals surface area contributed by atoms with E-state index in [1.807, 2.05) is 60.7 Å². The van der Waals surface area contributed by atoms with E-state index in [1.165, 1.54) is 6.92 Å². The highest BCUT2D eigenvalue weighted by Gasteiger charge is 2.23. The second kappa shape index (κ2) is 8.99. The van der Waals surface area contributed by atoms with Crippen LogP contribution < -0.4 is 5.32 Å². The first-order chi connectivity index (χ1) is 13.5. The van der Waals surface area contributed by atoms with Gasteiger partial charge in [-0.1, -0.05) is 65.8 Å². The van der Waals surface area contributed by atoms with E-state index < -0.39 is 18.0 Å². The van der Waals surface area contributed by atoms with Crippen molar-refractivity contribution in [2.24, 2.45) is 0 Å². The zero-order chi connectivity index (χ0) is 19.9. The Hall–Kier alpha value is -3.41. The van der Waals surface area contributed by atoms with Crippen LogP contribution in [0.2, 0.25) is 0 Å². The third-order valence-electron chi connectivity index (χ3n) is 4.33. The third-order valence-corrected chi connectivity index (χ3v) is 4.33. The van der Waals surface area contributed by atoms with Crippen molar-refractivity contribution < 1.29 is 18.8 Å². The number of hydrogen-bond donors (Lipinski definition) is 1. The minimum absolute atomic E-state index is 0.132. The predicted octanol–water partition coefficient (Wildman–Crippen LogP) is 4.08. The Kier molecular flexibility index (Phi) is 6.22. The van der Waals surface area contributed by atoms with Crippen molar-refractivity contribution >= 4 is 17.8 Å². The fraction of sp³-hybridized carbons (Fsp3) is 0.227. The van der Waals surface area contributed by atoms with Crippen molar-refractivity contribution in [3.63, 3.8) is 0 Å². The van der Waals surface area contributed by atoms with Crippen molar-refractivity contribution in [1.29, 1.82) is 0 Å². The van der Waals surface area contributed by atoms with Crippen LogP contribution in [-0.4, -0.2) is 23.1 Å². The number of nitrogens with zero attached hydrogens (tertiary/aromatic N) is 1. The van der Waals surface area contributed by atoms with E-state index in [1.54, 1.807) is 13.0 Å². The fourth-order valence-corrected chi connectivity index (χ4v) is 2.91. The highest BCUT2D eigenvalue weighted by Crippen LogP contribution is 2.28. The molecule has 144 valence electrons. The maximum absolute atomic E-state index is 12.5. The molecule has 0 aliphatic carbocycles. The number of benzene rings is 2. The summed E-state index contributed by atoms with van der Waals surface area (Å²) in [5, 5.41) is 6.24. The summed E-state index contributed by atoms with van der Waals surface area (Å²) in [6.07, 6.45) is -0.822. The molecule has 1 N–H and O–H groups in total. The molecule has 1 heterocycles. The average molecular weight is 378 g/mol. The summed E-state index contributed by atoms with van der Waals surface area (Å²) in [6.45, 7) is 3.27. The molecule has 0 aliphatic heterocycles. The van der Waals surface area contributed by atoms with Gasteiger partial charge in [-0.15, -0.1) is 0 Å². The molecule has 1 atom stereocenters. The van der Waals surface area contributed by atoms with Crippen molar-refractivity contribution in [2.45, 2.75) is 32.3 Å². The Bertz CT molecular complexity index is 882. The van der Waals surface area contributed by atoms with Crippen LogP contribution in [0.5, 0.6) is 0 Å². The lowest BCUT2D eigenvalue weighted by Crippen LogP contribution is -2.30. The average Bonchev–Trinajstić information content (AvgIpc) is 3.12. The SMILES string of the molecule is Cc1cc(NC(=O)C(C)OC(=O)CC(c2ccccc2)c2ccccc2)on1. The lowest BCUT2D eigenvalue weighted by Gasteiger charge is -2.19. The van der Waals surface area contributed by atoms with Gasteiger partial charge >= 0.3 is 5.97 Å². The van der Waals surface area contributed by atoms with Gasteiger partial charge in [0.05, 0.1) is 12.1 Å². The number of anilines is 1. The van der Waals surface area contributed by atoms with Gasteiger partial charge in [-0.2, -0.15) is 0 Å². The first-order valence-corrected chi connectivity index (χ1v) is 9.06. The zero-order valence-electron chi connectivity index (χ0n) is 15.8. The molecule has 0 radical (unpaired) electrons. The predicted molar refractivity (Wildman–Crippen MR) is 105 cm³/mol. The first kappa shape index (κ1) is 19.4. The highest BCUT2D eigenvalue weighted by molar-refractivity contribution is 5.94. The van der Waals surface area contributed by atoms with Crippen LogP contribution in [0.4, 0.5) is 5.88 Å². The van der Waals surface area contributed by atoms with E-state index in [9.17, 15) is 9.59 Å². The van der Waals surface area contributed by atoms with Crippen LogP contribution in [0.25, 0.3) is 0 Å². The molecule has 0 bridgehead atoms. The lowest BCUT2D eigenvalue weighted by molar-refractivity contribution is -0.153. The number of amides is 1. The molecule has 0 saturated heterocycles. The molecular formula is C22H22N2O4. The van der Waals surface area contributed by atoms with E-state index in [4.69, 9.17) is 9.26 Å². The largest absolute Gasteiger partial charge is 0.453 e. The van der Waals surface area contributed by atoms with Crippen LogP contribution in [0.15, 0.2) is 71.3 Å². The Morgan fingerprint density at radius 1 is 1.04 bits per heavy atom. The second-order valence-electron chi connectivity index (χ2n) is 6.53. The summed E-state index contributed by atoms with van der Waals surface area (Å²) in [7, 11) is 0. The van der Waals surface area contributed by atoms with Crippen LogP contribution in [0, 0.1) is 6.92 Å². The van der Waals surface area contributed by atoms with Crippen LogP contribution in [-0.2, 0) is 14.3 Å². The van der Waals surface area contributed by atoms with Gasteiger partial charge in [-0.25, -0.2) is 0 Å². The molecular weight excluding hydrogens is 356 g/mol. The molecule has 3 rings (SSSR count). The number of carbonyl (C=O) groups is 2. The van der Waals surface area contributed by atoms with Gasteiger partial charge in [0.25, 0.3) is 5.91 Å². The Morgan fingerprint density at radius 2 is 1.61 bits per heavy atom. The highest BCUT2D eigenvalue weighted by atomic mass is 16.5. The lowest BCUT2D eigenvalue weighted by atomic mass is 9.88. The summed E-state index contributed by atoms with van der Waals surface area (Å²) in [4.78, 5) is 24.7. The molecule has 1 unspecified atom stereocenters. The maximum atomic E-state index is 12.5. The summed E-state index contributed by atoms with van der Waals surface area (Å²) in [5.41, 5.74) is 2.67. The van der Waals surface area contributed by atoms with Crippen LogP contribution >= 0.6 is 0 Å². The minimum atomic E-state index is -0.954. The molecule has 1 aromatic heterocycles. The van der Waals surface area contributed by atoms with E-state index in [0.29, 0.717) is 5.69 Å². The normalized spacial score (nSPS) is 11.8. The number of aromatic nitrogens is 1. The maximum Gasteiger partial charge on any atom is 0.307 e. The molecule has 1 amide bonds. The molecule has 0 saturated carbocycles. The number of esters is 1. The molecule has 0 spiro atoms. The quantitative estimate of drug-likeness (QED) is 0.627. The van der Waals surface area contributed by atoms with E-state index in [2.05, 4.69) is 10.5 Å². The molecule has 6 nitrogen and oxygen atoms in total. The number of hydrogen-bond acceptors (Lipinski definition) is 5. The topological polar surface area (TPSA) is 81.4 Å². The van der Waals surface area contributed by atoms with Gasteiger partial charge in [-0.3, -0.25) is 14.9 Å². The molecule has 3 aromatic rings. The Morgan fingerprint density at radius 3 is 2.11 bits per heavy atom. The Labute approximate surface area is 163 Å². The van der Waals surface area contributed by atoms with Gasteiger partial charge in [0.1, 0.15) is 0 Å². The van der Waals surface area contributed by atoms with Gasteiger partial charge in [0.15, 0.2) is 6.10 Å². The van der Waals surface area contributed by atoms with Gasteiger partial charge in [0, 0.05) is 12.0 Å². The molecule has 6 heteroatoms. The molecule has 0 fully saturated rings. The first-order valence-electron chi connectivity index (χ1n) is 9.06. The van der Waals surface area contributed by atoms with E-state index >= 15 is 0 Å². The van der Waals surface area contributed by atoms with E-state index in [-0.39, 0.29) is 18.2 Å². The van der Waals surface area contributed by atoms with Crippen molar-refractivity contribution in [2.75, 3.05) is 5.32 Å². The zero-order valence-corrected chi connectivity index (χ0v) is 15.8. The summed E-state index contributed by atoms with van der Waals surface area (Å²) >= 11 is 0. The fourth-order valence-electron chi connectivity index (χ4n) is 2.91. The van der Waals surface area contributed by atoms with Crippen LogP contribution in [0.1, 0.15) is 36.1 Å². The summed E-state index contributed by atoms with van der Waals surface area (Å²) in [5.74, 6) is -0.853. The van der Waals surface area contributed by atoms with Crippen molar-refractivity contribution in [3.8, 4) is 0 Å². The monoisotopic (exact) mass is 378 g/mol. The van der Waals surface area contributed by atoms with Gasteiger partial charge in [-0.05, 0) is 25.0 Å². The molecule has 0 aliphatic rings. The summed E-state index contributed by atoms with van der Waals surface area (Å²) < 4.78 is 10.3. The van der Waals surface area contributed by atoms with Gasteiger partial charge < -0.3 is 9.26 Å². The summed E-state index contributed by atoms with van der Waals surface area (Å²) in [6, 6.07) is 21.1. The van der Waals surface area contributed by atoms with E-state index in [0.717, 1.165) is 11.1 Å². The third kappa shape index (κ3) is 5.07. The second-order valence-corrected chi connectivity index (χ2v) is 6.53. The van der Waals surface area contributed by atoms with Crippen molar-refractivity contribution in [3.05, 3.63) is 83.6 Å².